The zero-order valence-electron chi connectivity index (χ0n) is 13.1. The first-order valence-corrected chi connectivity index (χ1v) is 8.37. The number of carbonyl (C=O) groups excluding carboxylic acids is 2. The minimum absolute atomic E-state index is 0.0906. The van der Waals surface area contributed by atoms with Crippen LogP contribution >= 0.6 is 0 Å². The van der Waals surface area contributed by atoms with Crippen molar-refractivity contribution in [2.24, 2.45) is 0 Å². The Morgan fingerprint density at radius 1 is 1.22 bits per heavy atom. The molecule has 1 aromatic heterocycles. The number of carbonyl (C=O) groups is 2. The Balaban J connectivity index is 1.58. The van der Waals surface area contributed by atoms with Crippen LogP contribution in [0.3, 0.4) is 0 Å². The lowest BCUT2D eigenvalue weighted by molar-refractivity contribution is -0.141. The summed E-state index contributed by atoms with van der Waals surface area (Å²) in [4.78, 5) is 32.0. The van der Waals surface area contributed by atoms with Crippen LogP contribution in [0.4, 0.5) is 0 Å². The van der Waals surface area contributed by atoms with Gasteiger partial charge in [-0.15, -0.1) is 0 Å². The Hall–Kier alpha value is -2.30. The number of amides is 2. The lowest BCUT2D eigenvalue weighted by Crippen LogP contribution is -2.45. The molecule has 2 aliphatic heterocycles. The van der Waals surface area contributed by atoms with Crippen LogP contribution in [-0.2, 0) is 16.1 Å². The van der Waals surface area contributed by atoms with Crippen LogP contribution in [-0.4, -0.2) is 45.7 Å². The van der Waals surface area contributed by atoms with Crippen molar-refractivity contribution in [3.05, 3.63) is 36.0 Å². The number of para-hydroxylation sites is 1. The first-order valence-electron chi connectivity index (χ1n) is 8.37. The summed E-state index contributed by atoms with van der Waals surface area (Å²) in [5.74, 6) is 0.223. The first-order chi connectivity index (χ1) is 11.2. The number of nitrogens with zero attached hydrogens (tertiary/aromatic N) is 2. The summed E-state index contributed by atoms with van der Waals surface area (Å²) in [5, 5.41) is 1.12. The number of nitrogens with one attached hydrogen (secondary N) is 1. The van der Waals surface area contributed by atoms with Crippen molar-refractivity contribution in [3.8, 4) is 0 Å². The fraction of sp³-hybridized carbons (Fsp3) is 0.444. The van der Waals surface area contributed by atoms with E-state index in [0.717, 1.165) is 42.4 Å². The minimum atomic E-state index is -0.283. The highest BCUT2D eigenvalue weighted by Crippen LogP contribution is 2.27. The number of aromatic nitrogens is 1. The maximum absolute atomic E-state index is 12.7. The molecule has 3 heterocycles. The lowest BCUT2D eigenvalue weighted by Gasteiger charge is -2.27. The summed E-state index contributed by atoms with van der Waals surface area (Å²) >= 11 is 0. The van der Waals surface area contributed by atoms with Crippen molar-refractivity contribution < 1.29 is 9.59 Å². The average molecular weight is 311 g/mol. The van der Waals surface area contributed by atoms with Gasteiger partial charge < -0.3 is 14.8 Å². The SMILES string of the molecule is O=C([C@@H]1CCC(=O)N1Cc1c[nH]c2ccccc12)N1CCCC1. The van der Waals surface area contributed by atoms with Gasteiger partial charge in [0.2, 0.25) is 11.8 Å². The number of hydrogen-bond donors (Lipinski definition) is 1. The van der Waals surface area contributed by atoms with Crippen LogP contribution in [0.15, 0.2) is 30.5 Å². The van der Waals surface area contributed by atoms with E-state index in [-0.39, 0.29) is 17.9 Å². The second-order valence-corrected chi connectivity index (χ2v) is 6.47. The van der Waals surface area contributed by atoms with Crippen molar-refractivity contribution >= 4 is 22.7 Å². The third kappa shape index (κ3) is 2.50. The van der Waals surface area contributed by atoms with E-state index in [2.05, 4.69) is 11.1 Å². The quantitative estimate of drug-likeness (QED) is 0.945. The van der Waals surface area contributed by atoms with Gasteiger partial charge in [0.05, 0.1) is 0 Å². The molecule has 2 saturated heterocycles. The molecule has 0 unspecified atom stereocenters. The van der Waals surface area contributed by atoms with Gasteiger partial charge in [0.15, 0.2) is 0 Å². The van der Waals surface area contributed by atoms with Crippen LogP contribution in [0, 0.1) is 0 Å². The Morgan fingerprint density at radius 2 is 2.00 bits per heavy atom. The maximum atomic E-state index is 12.7. The van der Waals surface area contributed by atoms with Gasteiger partial charge in [0.1, 0.15) is 6.04 Å². The van der Waals surface area contributed by atoms with E-state index in [1.165, 1.54) is 0 Å². The van der Waals surface area contributed by atoms with Gasteiger partial charge >= 0.3 is 0 Å². The minimum Gasteiger partial charge on any atom is -0.361 e. The number of rotatable bonds is 3. The Bertz CT molecular complexity index is 746. The van der Waals surface area contributed by atoms with Gasteiger partial charge in [-0.25, -0.2) is 0 Å². The Labute approximate surface area is 135 Å². The summed E-state index contributed by atoms with van der Waals surface area (Å²) in [6.45, 7) is 2.18. The van der Waals surface area contributed by atoms with Crippen molar-refractivity contribution in [1.82, 2.24) is 14.8 Å². The molecule has 23 heavy (non-hydrogen) atoms. The fourth-order valence-corrected chi connectivity index (χ4v) is 3.78. The van der Waals surface area contributed by atoms with Gasteiger partial charge in [-0.2, -0.15) is 0 Å². The largest absolute Gasteiger partial charge is 0.361 e. The van der Waals surface area contributed by atoms with E-state index in [0.29, 0.717) is 19.4 Å². The van der Waals surface area contributed by atoms with E-state index in [9.17, 15) is 9.59 Å². The molecule has 2 fully saturated rings. The normalized spacial score (nSPS) is 21.6. The number of benzene rings is 1. The first kappa shape index (κ1) is 14.3. The van der Waals surface area contributed by atoms with E-state index in [1.54, 1.807) is 4.90 Å². The van der Waals surface area contributed by atoms with Gasteiger partial charge in [0.25, 0.3) is 0 Å². The molecule has 1 atom stereocenters. The second-order valence-electron chi connectivity index (χ2n) is 6.47. The monoisotopic (exact) mass is 311 g/mol. The topological polar surface area (TPSA) is 56.4 Å². The molecule has 5 nitrogen and oxygen atoms in total. The molecule has 2 aliphatic rings. The second kappa shape index (κ2) is 5.72. The van der Waals surface area contributed by atoms with Crippen LogP contribution in [0.5, 0.6) is 0 Å². The van der Waals surface area contributed by atoms with E-state index in [4.69, 9.17) is 0 Å². The maximum Gasteiger partial charge on any atom is 0.245 e. The number of fused-ring (bicyclic) bond motifs is 1. The molecule has 2 aromatic rings. The van der Waals surface area contributed by atoms with Crippen molar-refractivity contribution in [2.75, 3.05) is 13.1 Å². The van der Waals surface area contributed by atoms with Crippen molar-refractivity contribution in [1.29, 1.82) is 0 Å². The van der Waals surface area contributed by atoms with E-state index in [1.807, 2.05) is 29.3 Å². The van der Waals surface area contributed by atoms with Gasteiger partial charge in [-0.3, -0.25) is 9.59 Å². The molecule has 4 rings (SSSR count). The highest BCUT2D eigenvalue weighted by molar-refractivity contribution is 5.91. The van der Waals surface area contributed by atoms with Gasteiger partial charge in [0, 0.05) is 43.2 Å². The highest BCUT2D eigenvalue weighted by atomic mass is 16.2. The lowest BCUT2D eigenvalue weighted by atomic mass is 10.1. The Kier molecular flexibility index (Phi) is 3.56. The standard InChI is InChI=1S/C18H21N3O2/c22-17-8-7-16(18(23)20-9-3-4-10-20)21(17)12-13-11-19-15-6-2-1-5-14(13)15/h1-2,5-6,11,16,19H,3-4,7-10,12H2/t16-/m0/s1. The third-order valence-corrected chi connectivity index (χ3v) is 5.05. The Morgan fingerprint density at radius 3 is 2.83 bits per heavy atom. The van der Waals surface area contributed by atoms with Crippen LogP contribution in [0.1, 0.15) is 31.2 Å². The molecule has 2 amide bonds. The number of H-pyrrole nitrogens is 1. The summed E-state index contributed by atoms with van der Waals surface area (Å²) in [6, 6.07) is 7.78. The molecule has 0 bridgehead atoms. The van der Waals surface area contributed by atoms with E-state index < -0.39 is 0 Å². The number of likely N-dealkylation sites (tertiary alicyclic amines) is 2. The molecule has 5 heteroatoms. The predicted molar refractivity (Wildman–Crippen MR) is 87.7 cm³/mol. The van der Waals surface area contributed by atoms with Crippen LogP contribution < -0.4 is 0 Å². The van der Waals surface area contributed by atoms with Crippen LogP contribution in [0.25, 0.3) is 10.9 Å². The van der Waals surface area contributed by atoms with Crippen LogP contribution in [0.2, 0.25) is 0 Å². The molecule has 1 aromatic carbocycles. The third-order valence-electron chi connectivity index (χ3n) is 5.05. The zero-order chi connectivity index (χ0) is 15.8. The number of aromatic amines is 1. The summed E-state index contributed by atoms with van der Waals surface area (Å²) in [6.07, 6.45) is 5.24. The molecular weight excluding hydrogens is 290 g/mol. The smallest absolute Gasteiger partial charge is 0.245 e. The van der Waals surface area contributed by atoms with Crippen molar-refractivity contribution in [3.63, 3.8) is 0 Å². The molecule has 0 aliphatic carbocycles. The van der Waals surface area contributed by atoms with E-state index >= 15 is 0 Å². The molecule has 0 saturated carbocycles. The summed E-state index contributed by atoms with van der Waals surface area (Å²) in [5.41, 5.74) is 2.15. The highest BCUT2D eigenvalue weighted by Gasteiger charge is 2.38. The molecule has 1 N–H and O–H groups in total. The number of hydrogen-bond acceptors (Lipinski definition) is 2. The molecular formula is C18H21N3O2. The zero-order valence-corrected chi connectivity index (χ0v) is 13.1. The van der Waals surface area contributed by atoms with Gasteiger partial charge in [-0.1, -0.05) is 18.2 Å². The fourth-order valence-electron chi connectivity index (χ4n) is 3.78. The average Bonchev–Trinajstić information content (AvgIpc) is 3.29. The molecule has 120 valence electrons. The van der Waals surface area contributed by atoms with Gasteiger partial charge in [-0.05, 0) is 30.9 Å². The van der Waals surface area contributed by atoms with Crippen molar-refractivity contribution in [2.45, 2.75) is 38.3 Å². The molecule has 0 spiro atoms. The molecule has 0 radical (unpaired) electrons. The summed E-state index contributed by atoms with van der Waals surface area (Å²) in [7, 11) is 0. The summed E-state index contributed by atoms with van der Waals surface area (Å²) < 4.78 is 0. The predicted octanol–water partition coefficient (Wildman–Crippen LogP) is 2.28.